The number of amides is 2. The van der Waals surface area contributed by atoms with Crippen molar-refractivity contribution in [2.24, 2.45) is 5.73 Å². The van der Waals surface area contributed by atoms with Crippen molar-refractivity contribution in [3.05, 3.63) is 29.8 Å². The molecule has 2 N–H and O–H groups in total. The maximum atomic E-state index is 12.6. The van der Waals surface area contributed by atoms with Gasteiger partial charge < -0.3 is 20.1 Å². The molecule has 0 aromatic heterocycles. The van der Waals surface area contributed by atoms with Gasteiger partial charge in [-0.15, -0.1) is 0 Å². The fourth-order valence-corrected chi connectivity index (χ4v) is 2.64. The van der Waals surface area contributed by atoms with Crippen molar-refractivity contribution in [2.45, 2.75) is 32.5 Å². The summed E-state index contributed by atoms with van der Waals surface area (Å²) in [6, 6.07) is 6.69. The number of rotatable bonds is 4. The number of ether oxygens (including phenoxy) is 2. The normalized spacial score (nSPS) is 20.5. The van der Waals surface area contributed by atoms with Crippen LogP contribution < -0.4 is 10.5 Å². The van der Waals surface area contributed by atoms with Gasteiger partial charge in [-0.2, -0.15) is 0 Å². The van der Waals surface area contributed by atoms with Gasteiger partial charge in [0.25, 0.3) is 11.8 Å². The first-order valence-corrected chi connectivity index (χ1v) is 7.25. The van der Waals surface area contributed by atoms with Crippen LogP contribution in [-0.2, 0) is 9.53 Å². The van der Waals surface area contributed by atoms with Crippen LogP contribution in [0.15, 0.2) is 24.3 Å². The van der Waals surface area contributed by atoms with Gasteiger partial charge in [0.2, 0.25) is 0 Å². The Labute approximate surface area is 130 Å². The average Bonchev–Trinajstić information content (AvgIpc) is 2.42. The van der Waals surface area contributed by atoms with Crippen molar-refractivity contribution in [3.8, 4) is 5.75 Å². The molecule has 22 heavy (non-hydrogen) atoms. The summed E-state index contributed by atoms with van der Waals surface area (Å²) < 4.78 is 11.0. The molecule has 1 aliphatic heterocycles. The van der Waals surface area contributed by atoms with Gasteiger partial charge in [0.05, 0.1) is 11.7 Å². The minimum absolute atomic E-state index is 0.00544. The van der Waals surface area contributed by atoms with Gasteiger partial charge in [0, 0.05) is 18.7 Å². The summed E-state index contributed by atoms with van der Waals surface area (Å²) in [4.78, 5) is 25.0. The summed E-state index contributed by atoms with van der Waals surface area (Å²) in [5, 5.41) is 0. The van der Waals surface area contributed by atoms with Crippen LogP contribution in [0.4, 0.5) is 0 Å². The molecule has 120 valence electrons. The highest BCUT2D eigenvalue weighted by molar-refractivity contribution is 5.94. The number of nitrogens with zero attached hydrogens (tertiary/aromatic N) is 1. The van der Waals surface area contributed by atoms with E-state index in [4.69, 9.17) is 15.2 Å². The Morgan fingerprint density at radius 2 is 2.00 bits per heavy atom. The molecular weight excluding hydrogens is 284 g/mol. The highest BCUT2D eigenvalue weighted by Gasteiger charge is 2.33. The molecule has 1 fully saturated rings. The quantitative estimate of drug-likeness (QED) is 0.906. The lowest BCUT2D eigenvalue weighted by Crippen LogP contribution is -2.53. The Hall–Kier alpha value is -2.08. The topological polar surface area (TPSA) is 81.9 Å². The van der Waals surface area contributed by atoms with Gasteiger partial charge in [0.1, 0.15) is 5.75 Å². The van der Waals surface area contributed by atoms with E-state index >= 15 is 0 Å². The van der Waals surface area contributed by atoms with Crippen LogP contribution in [0.2, 0.25) is 0 Å². The number of morpholine rings is 1. The molecule has 1 saturated heterocycles. The third-order valence-corrected chi connectivity index (χ3v) is 3.34. The molecule has 6 heteroatoms. The zero-order valence-corrected chi connectivity index (χ0v) is 13.2. The molecule has 1 unspecified atom stereocenters. The average molecular weight is 306 g/mol. The van der Waals surface area contributed by atoms with Gasteiger partial charge in [-0.25, -0.2) is 0 Å². The molecule has 0 radical (unpaired) electrons. The molecule has 0 aliphatic carbocycles. The second-order valence-corrected chi connectivity index (χ2v) is 6.15. The zero-order chi connectivity index (χ0) is 16.3. The van der Waals surface area contributed by atoms with Crippen molar-refractivity contribution < 1.29 is 19.1 Å². The van der Waals surface area contributed by atoms with E-state index in [1.165, 1.54) is 0 Å². The second kappa shape index (κ2) is 6.36. The molecule has 1 heterocycles. The Morgan fingerprint density at radius 1 is 1.36 bits per heavy atom. The number of carbonyl (C=O) groups excluding carboxylic acids is 2. The molecular formula is C16H22N2O4. The predicted octanol–water partition coefficient (Wildman–Crippen LogP) is 1.19. The molecule has 2 amide bonds. The Bertz CT molecular complexity index is 554. The lowest BCUT2D eigenvalue weighted by atomic mass is 10.0. The second-order valence-electron chi connectivity index (χ2n) is 6.15. The fourth-order valence-electron chi connectivity index (χ4n) is 2.64. The van der Waals surface area contributed by atoms with E-state index in [0.29, 0.717) is 24.4 Å². The number of primary amides is 1. The maximum Gasteiger partial charge on any atom is 0.255 e. The SMILES string of the molecule is CC1CN(C(=O)c2ccc(OCC(N)=O)cc2)CC(C)(C)O1. The van der Waals surface area contributed by atoms with E-state index in [1.807, 2.05) is 20.8 Å². The number of hydrogen-bond acceptors (Lipinski definition) is 4. The van der Waals surface area contributed by atoms with Gasteiger partial charge in [-0.3, -0.25) is 9.59 Å². The Balaban J connectivity index is 2.04. The van der Waals surface area contributed by atoms with Crippen LogP contribution in [0.25, 0.3) is 0 Å². The highest BCUT2D eigenvalue weighted by atomic mass is 16.5. The Morgan fingerprint density at radius 3 is 2.55 bits per heavy atom. The molecule has 1 aromatic rings. The first-order valence-electron chi connectivity index (χ1n) is 7.25. The lowest BCUT2D eigenvalue weighted by molar-refractivity contribution is -0.120. The number of hydrogen-bond donors (Lipinski definition) is 1. The first kappa shape index (κ1) is 16.3. The van der Waals surface area contributed by atoms with Gasteiger partial charge in [0.15, 0.2) is 6.61 Å². The minimum atomic E-state index is -0.537. The molecule has 1 atom stereocenters. The summed E-state index contributed by atoms with van der Waals surface area (Å²) in [5.74, 6) is -0.0691. The largest absolute Gasteiger partial charge is 0.484 e. The summed E-state index contributed by atoms with van der Waals surface area (Å²) >= 11 is 0. The molecule has 1 aromatic carbocycles. The van der Waals surface area contributed by atoms with Crippen LogP contribution in [0.5, 0.6) is 5.75 Å². The standard InChI is InChI=1S/C16H22N2O4/c1-11-8-18(10-16(2,3)22-11)15(20)12-4-6-13(7-5-12)21-9-14(17)19/h4-7,11H,8-10H2,1-3H3,(H2,17,19). The van der Waals surface area contributed by atoms with Crippen molar-refractivity contribution in [1.82, 2.24) is 4.90 Å². The van der Waals surface area contributed by atoms with Crippen molar-refractivity contribution in [1.29, 1.82) is 0 Å². The molecule has 0 saturated carbocycles. The van der Waals surface area contributed by atoms with Crippen LogP contribution in [0.1, 0.15) is 31.1 Å². The Kier molecular flexibility index (Phi) is 4.71. The van der Waals surface area contributed by atoms with Gasteiger partial charge in [-0.1, -0.05) is 0 Å². The first-order chi connectivity index (χ1) is 10.3. The summed E-state index contributed by atoms with van der Waals surface area (Å²) in [6.07, 6.45) is 0.00544. The van der Waals surface area contributed by atoms with E-state index in [1.54, 1.807) is 29.2 Å². The van der Waals surface area contributed by atoms with E-state index in [9.17, 15) is 9.59 Å². The number of carbonyl (C=O) groups is 2. The van der Waals surface area contributed by atoms with Crippen LogP contribution in [0.3, 0.4) is 0 Å². The summed E-state index contributed by atoms with van der Waals surface area (Å²) in [5.41, 5.74) is 5.25. The van der Waals surface area contributed by atoms with Crippen molar-refractivity contribution in [2.75, 3.05) is 19.7 Å². The predicted molar refractivity (Wildman–Crippen MR) is 81.7 cm³/mol. The van der Waals surface area contributed by atoms with Crippen molar-refractivity contribution >= 4 is 11.8 Å². The van der Waals surface area contributed by atoms with E-state index in [2.05, 4.69) is 0 Å². The van der Waals surface area contributed by atoms with E-state index in [0.717, 1.165) is 0 Å². The fraction of sp³-hybridized carbons (Fsp3) is 0.500. The smallest absolute Gasteiger partial charge is 0.255 e. The molecule has 1 aliphatic rings. The summed E-state index contributed by atoms with van der Waals surface area (Å²) in [6.45, 7) is 6.86. The zero-order valence-electron chi connectivity index (χ0n) is 13.2. The van der Waals surface area contributed by atoms with E-state index < -0.39 is 5.91 Å². The molecule has 6 nitrogen and oxygen atoms in total. The molecule has 0 spiro atoms. The molecule has 0 bridgehead atoms. The van der Waals surface area contributed by atoms with Gasteiger partial charge >= 0.3 is 0 Å². The third kappa shape index (κ3) is 4.21. The van der Waals surface area contributed by atoms with Crippen LogP contribution in [-0.4, -0.2) is 48.1 Å². The van der Waals surface area contributed by atoms with Crippen molar-refractivity contribution in [3.63, 3.8) is 0 Å². The lowest BCUT2D eigenvalue weighted by Gasteiger charge is -2.41. The minimum Gasteiger partial charge on any atom is -0.484 e. The monoisotopic (exact) mass is 306 g/mol. The maximum absolute atomic E-state index is 12.6. The number of nitrogens with two attached hydrogens (primary N) is 1. The van der Waals surface area contributed by atoms with Gasteiger partial charge in [-0.05, 0) is 45.0 Å². The summed E-state index contributed by atoms with van der Waals surface area (Å²) in [7, 11) is 0. The highest BCUT2D eigenvalue weighted by Crippen LogP contribution is 2.23. The number of benzene rings is 1. The third-order valence-electron chi connectivity index (χ3n) is 3.34. The molecule has 2 rings (SSSR count). The van der Waals surface area contributed by atoms with Crippen LogP contribution >= 0.6 is 0 Å². The van der Waals surface area contributed by atoms with E-state index in [-0.39, 0.29) is 24.2 Å². The van der Waals surface area contributed by atoms with Crippen LogP contribution in [0, 0.1) is 0 Å².